The van der Waals surface area contributed by atoms with Crippen LogP contribution in [0.2, 0.25) is 0 Å². The molecule has 0 aromatic heterocycles. The van der Waals surface area contributed by atoms with E-state index in [1.165, 1.54) is 7.11 Å². The summed E-state index contributed by atoms with van der Waals surface area (Å²) in [5.74, 6) is -3.25. The van der Waals surface area contributed by atoms with E-state index in [1.807, 2.05) is 0 Å². The highest BCUT2D eigenvalue weighted by Gasteiger charge is 2.43. The highest BCUT2D eigenvalue weighted by Crippen LogP contribution is 2.35. The normalized spacial score (nSPS) is 10.5. The zero-order valence-corrected chi connectivity index (χ0v) is 13.7. The van der Waals surface area contributed by atoms with Crippen molar-refractivity contribution < 1.29 is 41.9 Å². The summed E-state index contributed by atoms with van der Waals surface area (Å²) in [7, 11) is 2.73. The van der Waals surface area contributed by atoms with Crippen molar-refractivity contribution in [2.75, 3.05) is 26.6 Å². The zero-order valence-electron chi connectivity index (χ0n) is 13.7. The Kier molecular flexibility index (Phi) is 6.52. The van der Waals surface area contributed by atoms with Gasteiger partial charge in [-0.15, -0.1) is 0 Å². The van der Waals surface area contributed by atoms with Crippen LogP contribution in [-0.2, 0) is 19.1 Å². The van der Waals surface area contributed by atoms with Crippen molar-refractivity contribution in [1.29, 1.82) is 0 Å². The van der Waals surface area contributed by atoms with Gasteiger partial charge in [0.2, 0.25) is 0 Å². The van der Waals surface area contributed by atoms with Gasteiger partial charge < -0.3 is 19.5 Å². The molecule has 0 saturated carbocycles. The van der Waals surface area contributed by atoms with Gasteiger partial charge in [-0.2, -0.15) is 13.2 Å². The van der Waals surface area contributed by atoms with Crippen LogP contribution >= 0.6 is 0 Å². The molecule has 0 amide bonds. The summed E-state index contributed by atoms with van der Waals surface area (Å²) in [6, 6.07) is 2.94. The Balaban J connectivity index is 3.64. The number of anilines is 1. The second kappa shape index (κ2) is 8.18. The van der Waals surface area contributed by atoms with E-state index in [-0.39, 0.29) is 5.75 Å². The first kappa shape index (κ1) is 20.7. The maximum Gasteiger partial charge on any atom is 0.432 e. The molecule has 0 heterocycles. The number of hydrogen-bond acceptors (Lipinski definition) is 8. The summed E-state index contributed by atoms with van der Waals surface area (Å²) >= 11 is 0. The first-order chi connectivity index (χ1) is 12.1. The first-order valence-electron chi connectivity index (χ1n) is 6.64. The number of halogens is 3. The maximum atomic E-state index is 13.4. The first-order valence-corrected chi connectivity index (χ1v) is 6.64. The predicted octanol–water partition coefficient (Wildman–Crippen LogP) is 2.18. The smallest absolute Gasteiger partial charge is 0.432 e. The van der Waals surface area contributed by atoms with Crippen LogP contribution in [0.25, 0.3) is 0 Å². The van der Waals surface area contributed by atoms with Crippen molar-refractivity contribution in [2.45, 2.75) is 6.18 Å². The van der Waals surface area contributed by atoms with Crippen molar-refractivity contribution >= 4 is 23.3 Å². The number of nitrogens with zero attached hydrogens (tertiary/aromatic N) is 1. The second-order valence-electron chi connectivity index (χ2n) is 4.50. The third kappa shape index (κ3) is 4.62. The number of allylic oxidation sites excluding steroid dienone is 1. The summed E-state index contributed by atoms with van der Waals surface area (Å²) < 4.78 is 53.3. The third-order valence-corrected chi connectivity index (χ3v) is 2.97. The minimum absolute atomic E-state index is 0.0148. The number of nitrogens with one attached hydrogen (secondary N) is 1. The molecule has 0 aliphatic heterocycles. The van der Waals surface area contributed by atoms with E-state index in [0.29, 0.717) is 0 Å². The van der Waals surface area contributed by atoms with Crippen LogP contribution in [0.3, 0.4) is 0 Å². The summed E-state index contributed by atoms with van der Waals surface area (Å²) in [5, 5.41) is 12.8. The van der Waals surface area contributed by atoms with E-state index in [2.05, 4.69) is 9.47 Å². The van der Waals surface area contributed by atoms with Crippen molar-refractivity contribution in [3.8, 4) is 5.75 Å². The summed E-state index contributed by atoms with van der Waals surface area (Å²) in [4.78, 5) is 33.4. The van der Waals surface area contributed by atoms with Crippen LogP contribution in [0.1, 0.15) is 0 Å². The molecule has 9 nitrogen and oxygen atoms in total. The molecule has 0 aliphatic carbocycles. The van der Waals surface area contributed by atoms with Gasteiger partial charge in [-0.25, -0.2) is 9.59 Å². The number of nitro groups is 1. The summed E-state index contributed by atoms with van der Waals surface area (Å²) in [6.07, 6.45) is -5.26. The van der Waals surface area contributed by atoms with Crippen LogP contribution < -0.4 is 10.1 Å². The fraction of sp³-hybridized carbons (Fsp3) is 0.286. The van der Waals surface area contributed by atoms with Gasteiger partial charge in [-0.05, 0) is 12.1 Å². The lowest BCUT2D eigenvalue weighted by molar-refractivity contribution is -0.384. The fourth-order valence-corrected chi connectivity index (χ4v) is 1.80. The van der Waals surface area contributed by atoms with Gasteiger partial charge in [-0.3, -0.25) is 10.1 Å². The number of carbonyl (C=O) groups excluding carboxylic acids is 2. The lowest BCUT2D eigenvalue weighted by Crippen LogP contribution is -2.29. The molecule has 0 spiro atoms. The molecule has 1 aromatic carbocycles. The quantitative estimate of drug-likeness (QED) is 0.200. The van der Waals surface area contributed by atoms with Gasteiger partial charge in [0.05, 0.1) is 32.3 Å². The van der Waals surface area contributed by atoms with Crippen LogP contribution in [0.5, 0.6) is 5.75 Å². The number of esters is 2. The summed E-state index contributed by atoms with van der Waals surface area (Å²) in [5.41, 5.74) is -4.77. The Morgan fingerprint density at radius 3 is 2.04 bits per heavy atom. The lowest BCUT2D eigenvalue weighted by Gasteiger charge is -2.17. The lowest BCUT2D eigenvalue weighted by atomic mass is 10.1. The number of nitro benzene ring substituents is 1. The van der Waals surface area contributed by atoms with E-state index in [0.717, 1.165) is 32.4 Å². The molecule has 0 radical (unpaired) electrons. The van der Waals surface area contributed by atoms with Crippen molar-refractivity contribution in [3.63, 3.8) is 0 Å². The van der Waals surface area contributed by atoms with E-state index >= 15 is 0 Å². The van der Waals surface area contributed by atoms with Gasteiger partial charge in [0.1, 0.15) is 17.1 Å². The molecule has 0 fully saturated rings. The molecular formula is C14H13F3N2O7. The highest BCUT2D eigenvalue weighted by atomic mass is 19.4. The van der Waals surface area contributed by atoms with Gasteiger partial charge in [0, 0.05) is 0 Å². The van der Waals surface area contributed by atoms with Gasteiger partial charge in [0.25, 0.3) is 5.69 Å². The molecule has 1 rings (SSSR count). The van der Waals surface area contributed by atoms with Crippen LogP contribution in [0.4, 0.5) is 24.5 Å². The summed E-state index contributed by atoms with van der Waals surface area (Å²) in [6.45, 7) is 0. The Morgan fingerprint density at radius 1 is 1.12 bits per heavy atom. The molecule has 26 heavy (non-hydrogen) atoms. The largest absolute Gasteiger partial charge is 0.496 e. The minimum atomic E-state index is -5.26. The van der Waals surface area contributed by atoms with Gasteiger partial charge in [-0.1, -0.05) is 0 Å². The molecule has 0 bridgehead atoms. The Morgan fingerprint density at radius 2 is 1.65 bits per heavy atom. The molecule has 1 N–H and O–H groups in total. The Bertz CT molecular complexity index is 741. The van der Waals surface area contributed by atoms with Crippen LogP contribution in [0.15, 0.2) is 29.5 Å². The SMILES string of the molecule is COC(=O)C(C(=O)OC)=C(Nc1ccc(OC)cc1[N+](=O)[O-])C(F)(F)F. The topological polar surface area (TPSA) is 117 Å². The molecule has 142 valence electrons. The molecule has 0 aliphatic rings. The molecule has 1 aromatic rings. The highest BCUT2D eigenvalue weighted by molar-refractivity contribution is 6.15. The van der Waals surface area contributed by atoms with Crippen molar-refractivity contribution in [2.24, 2.45) is 0 Å². The van der Waals surface area contributed by atoms with Crippen molar-refractivity contribution in [3.05, 3.63) is 39.6 Å². The van der Waals surface area contributed by atoms with E-state index in [1.54, 1.807) is 5.32 Å². The monoisotopic (exact) mass is 378 g/mol. The number of hydrogen-bond donors (Lipinski definition) is 1. The third-order valence-electron chi connectivity index (χ3n) is 2.97. The molecular weight excluding hydrogens is 365 g/mol. The molecule has 12 heteroatoms. The standard InChI is InChI=1S/C14H13F3N2O7/c1-24-7-4-5-8(9(6-7)19(22)23)18-11(14(15,16)17)10(12(20)25-2)13(21)26-3/h4-6,18H,1-3H3. The number of methoxy groups -OCH3 is 3. The van der Waals surface area contributed by atoms with E-state index in [4.69, 9.17) is 4.74 Å². The van der Waals surface area contributed by atoms with Gasteiger partial charge >= 0.3 is 18.1 Å². The number of ether oxygens (including phenoxy) is 3. The van der Waals surface area contributed by atoms with Gasteiger partial charge in [0.15, 0.2) is 5.57 Å². The zero-order chi connectivity index (χ0) is 20.1. The minimum Gasteiger partial charge on any atom is -0.496 e. The van der Waals surface area contributed by atoms with Crippen molar-refractivity contribution in [1.82, 2.24) is 0 Å². The fourth-order valence-electron chi connectivity index (χ4n) is 1.80. The van der Waals surface area contributed by atoms with Crippen LogP contribution in [-0.4, -0.2) is 44.4 Å². The maximum absolute atomic E-state index is 13.4. The average Bonchev–Trinajstić information content (AvgIpc) is 2.59. The van der Waals surface area contributed by atoms with E-state index < -0.39 is 45.7 Å². The average molecular weight is 378 g/mol. The number of carbonyl (C=O) groups is 2. The number of alkyl halides is 3. The predicted molar refractivity (Wildman–Crippen MR) is 80.4 cm³/mol. The second-order valence-corrected chi connectivity index (χ2v) is 4.50. The number of rotatable bonds is 6. The molecule has 0 unspecified atom stereocenters. The van der Waals surface area contributed by atoms with E-state index in [9.17, 15) is 32.9 Å². The molecule has 0 saturated heterocycles. The molecule has 0 atom stereocenters. The number of benzene rings is 1. The Hall–Kier alpha value is -3.31. The van der Waals surface area contributed by atoms with Crippen LogP contribution in [0, 0.1) is 10.1 Å². The Labute approximate surface area is 144 Å².